The van der Waals surface area contributed by atoms with Gasteiger partial charge >= 0.3 is 0 Å². The lowest BCUT2D eigenvalue weighted by Crippen LogP contribution is -2.04. The van der Waals surface area contributed by atoms with E-state index in [0.29, 0.717) is 5.95 Å². The number of hydrogen-bond donors (Lipinski definition) is 1. The molecule has 12 heavy (non-hydrogen) atoms. The summed E-state index contributed by atoms with van der Waals surface area (Å²) in [5.41, 5.74) is 0. The summed E-state index contributed by atoms with van der Waals surface area (Å²) in [6, 6.07) is 0. The second-order valence-electron chi connectivity index (χ2n) is 2.22. The van der Waals surface area contributed by atoms with Gasteiger partial charge in [0.05, 0.1) is 0 Å². The van der Waals surface area contributed by atoms with Gasteiger partial charge in [-0.3, -0.25) is 0 Å². The fourth-order valence-electron chi connectivity index (χ4n) is 0.702. The molecule has 1 heterocycles. The van der Waals surface area contributed by atoms with Crippen LogP contribution in [0.5, 0.6) is 0 Å². The lowest BCUT2D eigenvalue weighted by atomic mass is 10.5. The van der Waals surface area contributed by atoms with Gasteiger partial charge in [-0.05, 0) is 12.7 Å². The summed E-state index contributed by atoms with van der Waals surface area (Å²) in [6.45, 7) is 3.00. The van der Waals surface area contributed by atoms with Gasteiger partial charge in [0.2, 0.25) is 5.95 Å². The average molecular weight is 184 g/mol. The Morgan fingerprint density at radius 1 is 1.50 bits per heavy atom. The van der Waals surface area contributed by atoms with Crippen molar-refractivity contribution < 1.29 is 0 Å². The van der Waals surface area contributed by atoms with Crippen LogP contribution in [0.3, 0.4) is 0 Å². The monoisotopic (exact) mass is 184 g/mol. The maximum Gasteiger partial charge on any atom is 0.226 e. The molecule has 0 bridgehead atoms. The Bertz CT molecular complexity index is 241. The molecule has 0 aliphatic heterocycles. The highest BCUT2D eigenvalue weighted by molar-refractivity contribution is 7.98. The number of nitrogens with zero attached hydrogens (tertiary/aromatic N) is 3. The average Bonchev–Trinajstić information content (AvgIpc) is 2.15. The number of rotatable bonds is 4. The molecule has 0 aliphatic rings. The zero-order valence-corrected chi connectivity index (χ0v) is 8.06. The molecule has 0 aliphatic carbocycles. The molecule has 5 heteroatoms. The topological polar surface area (TPSA) is 50.7 Å². The Hall–Kier alpha value is -0.840. The van der Waals surface area contributed by atoms with Crippen molar-refractivity contribution in [1.82, 2.24) is 15.0 Å². The third kappa shape index (κ3) is 2.65. The molecule has 0 saturated carbocycles. The minimum Gasteiger partial charge on any atom is -0.354 e. The number of aromatic nitrogens is 3. The van der Waals surface area contributed by atoms with Crippen LogP contribution in [0.1, 0.15) is 13.3 Å². The molecule has 0 aromatic carbocycles. The first kappa shape index (κ1) is 9.25. The summed E-state index contributed by atoms with van der Waals surface area (Å²) < 4.78 is 0. The molecule has 0 amide bonds. The van der Waals surface area contributed by atoms with E-state index in [0.717, 1.165) is 18.1 Å². The van der Waals surface area contributed by atoms with Crippen molar-refractivity contribution in [2.45, 2.75) is 18.5 Å². The first-order valence-corrected chi connectivity index (χ1v) is 5.06. The van der Waals surface area contributed by atoms with Gasteiger partial charge < -0.3 is 5.32 Å². The predicted molar refractivity (Wildman–Crippen MR) is 50.4 cm³/mol. The van der Waals surface area contributed by atoms with E-state index in [9.17, 15) is 0 Å². The summed E-state index contributed by atoms with van der Waals surface area (Å²) in [5.74, 6) is 0.663. The van der Waals surface area contributed by atoms with Crippen molar-refractivity contribution in [3.05, 3.63) is 6.33 Å². The van der Waals surface area contributed by atoms with E-state index >= 15 is 0 Å². The quantitative estimate of drug-likeness (QED) is 0.717. The van der Waals surface area contributed by atoms with Crippen LogP contribution < -0.4 is 5.32 Å². The molecule has 0 atom stereocenters. The Balaban J connectivity index is 2.60. The van der Waals surface area contributed by atoms with Gasteiger partial charge in [0, 0.05) is 6.54 Å². The van der Waals surface area contributed by atoms with Crippen molar-refractivity contribution in [1.29, 1.82) is 0 Å². The number of thioether (sulfide) groups is 1. The minimum atomic E-state index is 0.663. The highest BCUT2D eigenvalue weighted by atomic mass is 32.2. The highest BCUT2D eigenvalue weighted by Gasteiger charge is 1.96. The van der Waals surface area contributed by atoms with E-state index in [1.165, 1.54) is 18.1 Å². The zero-order valence-electron chi connectivity index (χ0n) is 7.24. The van der Waals surface area contributed by atoms with Gasteiger partial charge in [-0.1, -0.05) is 18.7 Å². The molecule has 1 rings (SSSR count). The lowest BCUT2D eigenvalue weighted by Gasteiger charge is -2.01. The van der Waals surface area contributed by atoms with Crippen LogP contribution >= 0.6 is 11.8 Å². The van der Waals surface area contributed by atoms with Crippen molar-refractivity contribution in [2.24, 2.45) is 0 Å². The molecular formula is C7H12N4S. The molecule has 0 fully saturated rings. The van der Waals surface area contributed by atoms with Crippen LogP contribution in [0.2, 0.25) is 0 Å². The van der Waals surface area contributed by atoms with E-state index in [1.807, 2.05) is 6.26 Å². The zero-order chi connectivity index (χ0) is 8.81. The molecule has 1 N–H and O–H groups in total. The summed E-state index contributed by atoms with van der Waals surface area (Å²) in [7, 11) is 0. The smallest absolute Gasteiger partial charge is 0.226 e. The Labute approximate surface area is 76.2 Å². The van der Waals surface area contributed by atoms with Crippen LogP contribution in [0, 0.1) is 0 Å². The van der Waals surface area contributed by atoms with Crippen molar-refractivity contribution in [3.8, 4) is 0 Å². The van der Waals surface area contributed by atoms with Crippen molar-refractivity contribution >= 4 is 17.7 Å². The molecule has 66 valence electrons. The maximum atomic E-state index is 4.16. The Morgan fingerprint density at radius 2 is 2.33 bits per heavy atom. The number of hydrogen-bond acceptors (Lipinski definition) is 5. The summed E-state index contributed by atoms with van der Waals surface area (Å²) >= 11 is 1.51. The van der Waals surface area contributed by atoms with E-state index in [4.69, 9.17) is 0 Å². The Morgan fingerprint density at radius 3 is 3.00 bits per heavy atom. The molecule has 1 aromatic heterocycles. The second-order valence-corrected chi connectivity index (χ2v) is 3.00. The number of nitrogens with one attached hydrogen (secondary N) is 1. The minimum absolute atomic E-state index is 0.663. The third-order valence-corrected chi connectivity index (χ3v) is 1.83. The van der Waals surface area contributed by atoms with Crippen LogP contribution in [-0.2, 0) is 0 Å². The molecule has 4 nitrogen and oxygen atoms in total. The molecule has 0 saturated heterocycles. The highest BCUT2D eigenvalue weighted by Crippen LogP contribution is 2.07. The van der Waals surface area contributed by atoms with Crippen LogP contribution in [0.15, 0.2) is 11.5 Å². The fraction of sp³-hybridized carbons (Fsp3) is 0.571. The molecular weight excluding hydrogens is 172 g/mol. The molecule has 0 radical (unpaired) electrons. The first-order valence-electron chi connectivity index (χ1n) is 3.83. The molecule has 1 aromatic rings. The molecule has 0 spiro atoms. The van der Waals surface area contributed by atoms with Crippen molar-refractivity contribution in [3.63, 3.8) is 0 Å². The first-order chi connectivity index (χ1) is 5.86. The summed E-state index contributed by atoms with van der Waals surface area (Å²) in [6.07, 6.45) is 4.54. The van der Waals surface area contributed by atoms with E-state index in [1.54, 1.807) is 0 Å². The van der Waals surface area contributed by atoms with E-state index < -0.39 is 0 Å². The largest absolute Gasteiger partial charge is 0.354 e. The SMILES string of the molecule is CCCNc1ncnc(SC)n1. The van der Waals surface area contributed by atoms with Gasteiger partial charge in [-0.15, -0.1) is 0 Å². The van der Waals surface area contributed by atoms with E-state index in [-0.39, 0.29) is 0 Å². The van der Waals surface area contributed by atoms with Crippen LogP contribution in [0.4, 0.5) is 5.95 Å². The van der Waals surface area contributed by atoms with Gasteiger partial charge in [0.25, 0.3) is 0 Å². The van der Waals surface area contributed by atoms with E-state index in [2.05, 4.69) is 27.2 Å². The second kappa shape index (κ2) is 4.92. The van der Waals surface area contributed by atoms with Crippen LogP contribution in [0.25, 0.3) is 0 Å². The predicted octanol–water partition coefficient (Wildman–Crippen LogP) is 1.42. The van der Waals surface area contributed by atoms with Crippen molar-refractivity contribution in [2.75, 3.05) is 18.1 Å². The standard InChI is InChI=1S/C7H12N4S/c1-3-4-8-6-9-5-10-7(11-6)12-2/h5H,3-4H2,1-2H3,(H,8,9,10,11). The van der Waals surface area contributed by atoms with Gasteiger partial charge in [-0.2, -0.15) is 4.98 Å². The van der Waals surface area contributed by atoms with Crippen LogP contribution in [-0.4, -0.2) is 27.8 Å². The lowest BCUT2D eigenvalue weighted by molar-refractivity contribution is 0.878. The van der Waals surface area contributed by atoms with Gasteiger partial charge in [-0.25, -0.2) is 9.97 Å². The summed E-state index contributed by atoms with van der Waals surface area (Å²) in [5, 5.41) is 3.85. The fourth-order valence-corrected chi connectivity index (χ4v) is 1.03. The Kier molecular flexibility index (Phi) is 3.79. The third-order valence-electron chi connectivity index (χ3n) is 1.27. The maximum absolute atomic E-state index is 4.16. The summed E-state index contributed by atoms with van der Waals surface area (Å²) in [4.78, 5) is 12.1. The van der Waals surface area contributed by atoms with Gasteiger partial charge in [0.1, 0.15) is 6.33 Å². The van der Waals surface area contributed by atoms with Gasteiger partial charge in [0.15, 0.2) is 5.16 Å². The normalized spacial score (nSPS) is 9.83. The number of anilines is 1. The molecule has 0 unspecified atom stereocenters.